The quantitative estimate of drug-likeness (QED) is 0.728. The lowest BCUT2D eigenvalue weighted by Gasteiger charge is -2.08. The van der Waals surface area contributed by atoms with Crippen molar-refractivity contribution in [2.75, 3.05) is 6.79 Å². The first-order valence-electron chi connectivity index (χ1n) is 6.66. The highest BCUT2D eigenvalue weighted by molar-refractivity contribution is 7.71. The summed E-state index contributed by atoms with van der Waals surface area (Å²) in [5.41, 5.74) is 0.613. The van der Waals surface area contributed by atoms with E-state index in [1.165, 1.54) is 4.57 Å². The van der Waals surface area contributed by atoms with Crippen LogP contribution in [0.15, 0.2) is 36.4 Å². The third-order valence-electron chi connectivity index (χ3n) is 3.46. The number of halogens is 2. The zero-order chi connectivity index (χ0) is 16.0. The Kier molecular flexibility index (Phi) is 3.12. The number of nitrogens with one attached hydrogen (secondary N) is 1. The van der Waals surface area contributed by atoms with Crippen molar-refractivity contribution < 1.29 is 18.3 Å². The maximum atomic E-state index is 14.1. The largest absolute Gasteiger partial charge is 0.454 e. The van der Waals surface area contributed by atoms with E-state index in [0.717, 1.165) is 18.2 Å². The van der Waals surface area contributed by atoms with E-state index in [9.17, 15) is 8.78 Å². The van der Waals surface area contributed by atoms with Crippen LogP contribution in [0.1, 0.15) is 0 Å². The van der Waals surface area contributed by atoms with Crippen molar-refractivity contribution in [3.8, 4) is 28.6 Å². The minimum Gasteiger partial charge on any atom is -0.454 e. The van der Waals surface area contributed by atoms with Crippen molar-refractivity contribution in [3.63, 3.8) is 0 Å². The zero-order valence-corrected chi connectivity index (χ0v) is 12.4. The fourth-order valence-corrected chi connectivity index (χ4v) is 2.65. The molecule has 0 spiro atoms. The molecule has 0 atom stereocenters. The van der Waals surface area contributed by atoms with Crippen molar-refractivity contribution in [1.82, 2.24) is 14.8 Å². The molecule has 0 aliphatic carbocycles. The fourth-order valence-electron chi connectivity index (χ4n) is 2.41. The van der Waals surface area contributed by atoms with Crippen LogP contribution in [-0.4, -0.2) is 21.6 Å². The molecule has 0 saturated carbocycles. The number of hydrogen-bond acceptors (Lipinski definition) is 4. The molecule has 0 radical (unpaired) electrons. The summed E-state index contributed by atoms with van der Waals surface area (Å²) in [6.45, 7) is 0.140. The first-order chi connectivity index (χ1) is 11.1. The Morgan fingerprint density at radius 1 is 1.09 bits per heavy atom. The second-order valence-electron chi connectivity index (χ2n) is 4.85. The number of fused-ring (bicyclic) bond motifs is 1. The van der Waals surface area contributed by atoms with Crippen LogP contribution >= 0.6 is 12.2 Å². The van der Waals surface area contributed by atoms with Gasteiger partial charge in [-0.1, -0.05) is 0 Å². The molecule has 4 rings (SSSR count). The molecule has 8 heteroatoms. The standard InChI is InChI=1S/C15H9F2N3O2S/c16-8-1-3-11(17)10(5-8)14-18-19-15(23)20(14)9-2-4-12-13(6-9)22-7-21-12/h1-6H,7H2,(H,19,23). The van der Waals surface area contributed by atoms with E-state index in [2.05, 4.69) is 10.2 Å². The molecule has 2 aromatic carbocycles. The number of hydrogen-bond donors (Lipinski definition) is 1. The van der Waals surface area contributed by atoms with Crippen molar-refractivity contribution in [1.29, 1.82) is 0 Å². The van der Waals surface area contributed by atoms with E-state index in [-0.39, 0.29) is 23.0 Å². The highest BCUT2D eigenvalue weighted by Crippen LogP contribution is 2.35. The van der Waals surface area contributed by atoms with Crippen LogP contribution in [0.4, 0.5) is 8.78 Å². The molecule has 23 heavy (non-hydrogen) atoms. The monoisotopic (exact) mass is 333 g/mol. The summed E-state index contributed by atoms with van der Waals surface area (Å²) in [6.07, 6.45) is 0. The summed E-state index contributed by atoms with van der Waals surface area (Å²) in [5.74, 6) is 0.180. The smallest absolute Gasteiger partial charge is 0.231 e. The van der Waals surface area contributed by atoms with Crippen LogP contribution in [0.5, 0.6) is 11.5 Å². The van der Waals surface area contributed by atoms with Crippen LogP contribution in [0.3, 0.4) is 0 Å². The summed E-state index contributed by atoms with van der Waals surface area (Å²) < 4.78 is 39.9. The van der Waals surface area contributed by atoms with E-state index < -0.39 is 11.6 Å². The second-order valence-corrected chi connectivity index (χ2v) is 5.24. The molecule has 0 amide bonds. The van der Waals surface area contributed by atoms with E-state index in [1.807, 2.05) is 0 Å². The lowest BCUT2D eigenvalue weighted by molar-refractivity contribution is 0.174. The Balaban J connectivity index is 1.92. The minimum atomic E-state index is -0.595. The summed E-state index contributed by atoms with van der Waals surface area (Å²) in [7, 11) is 0. The molecule has 2 heterocycles. The maximum absolute atomic E-state index is 14.1. The normalized spacial score (nSPS) is 12.6. The topological polar surface area (TPSA) is 52.1 Å². The first kappa shape index (κ1) is 13.9. The van der Waals surface area contributed by atoms with Gasteiger partial charge in [0.05, 0.1) is 11.3 Å². The van der Waals surface area contributed by atoms with Crippen molar-refractivity contribution >= 4 is 12.2 Å². The van der Waals surface area contributed by atoms with Crippen molar-refractivity contribution in [2.45, 2.75) is 0 Å². The van der Waals surface area contributed by atoms with Crippen molar-refractivity contribution in [2.24, 2.45) is 0 Å². The van der Waals surface area contributed by atoms with E-state index >= 15 is 0 Å². The Hall–Kier alpha value is -2.74. The van der Waals surface area contributed by atoms with Gasteiger partial charge in [-0.25, -0.2) is 8.78 Å². The van der Waals surface area contributed by atoms with Gasteiger partial charge in [-0.05, 0) is 42.5 Å². The Morgan fingerprint density at radius 3 is 2.78 bits per heavy atom. The number of benzene rings is 2. The lowest BCUT2D eigenvalue weighted by atomic mass is 10.2. The van der Waals surface area contributed by atoms with Gasteiger partial charge >= 0.3 is 0 Å². The van der Waals surface area contributed by atoms with Gasteiger partial charge in [0.1, 0.15) is 11.6 Å². The molecule has 116 valence electrons. The molecule has 1 aliphatic rings. The molecule has 1 aliphatic heterocycles. The first-order valence-corrected chi connectivity index (χ1v) is 7.07. The molecular formula is C15H9F2N3O2S. The molecular weight excluding hydrogens is 324 g/mol. The third-order valence-corrected chi connectivity index (χ3v) is 3.73. The van der Waals surface area contributed by atoms with Crippen LogP contribution in [0.2, 0.25) is 0 Å². The molecule has 0 unspecified atom stereocenters. The van der Waals surface area contributed by atoms with E-state index in [1.54, 1.807) is 18.2 Å². The number of rotatable bonds is 2. The molecule has 0 saturated heterocycles. The summed E-state index contributed by atoms with van der Waals surface area (Å²) in [6, 6.07) is 8.33. The highest BCUT2D eigenvalue weighted by Gasteiger charge is 2.19. The second kappa shape index (κ2) is 5.17. The number of aromatic nitrogens is 3. The average Bonchev–Trinajstić information content (AvgIpc) is 3.15. The zero-order valence-electron chi connectivity index (χ0n) is 11.5. The van der Waals surface area contributed by atoms with Gasteiger partial charge in [0, 0.05) is 6.07 Å². The number of aromatic amines is 1. The van der Waals surface area contributed by atoms with Gasteiger partial charge in [0.2, 0.25) is 6.79 Å². The fraction of sp³-hybridized carbons (Fsp3) is 0.0667. The Bertz CT molecular complexity index is 968. The van der Waals surface area contributed by atoms with E-state index in [4.69, 9.17) is 21.7 Å². The number of nitrogens with zero attached hydrogens (tertiary/aromatic N) is 2. The summed E-state index contributed by atoms with van der Waals surface area (Å²) in [4.78, 5) is 0. The average molecular weight is 333 g/mol. The van der Waals surface area contributed by atoms with Gasteiger partial charge in [0.15, 0.2) is 22.1 Å². The SMILES string of the molecule is Fc1ccc(F)c(-c2n[nH]c(=S)n2-c2ccc3c(c2)OCO3)c1. The molecule has 3 aromatic rings. The lowest BCUT2D eigenvalue weighted by Crippen LogP contribution is -2.00. The Morgan fingerprint density at radius 2 is 1.91 bits per heavy atom. The molecule has 1 aromatic heterocycles. The summed E-state index contributed by atoms with van der Waals surface area (Å²) >= 11 is 5.22. The van der Waals surface area contributed by atoms with Crippen LogP contribution in [0, 0.1) is 16.4 Å². The predicted octanol–water partition coefficient (Wildman–Crippen LogP) is 3.60. The number of H-pyrrole nitrogens is 1. The van der Waals surface area contributed by atoms with Crippen molar-refractivity contribution in [3.05, 3.63) is 52.8 Å². The Labute approximate surface area is 134 Å². The van der Waals surface area contributed by atoms with Gasteiger partial charge < -0.3 is 9.47 Å². The van der Waals surface area contributed by atoms with Crippen LogP contribution < -0.4 is 9.47 Å². The third kappa shape index (κ3) is 2.27. The minimum absolute atomic E-state index is 0.00927. The number of ether oxygens (including phenoxy) is 2. The molecule has 1 N–H and O–H groups in total. The van der Waals surface area contributed by atoms with E-state index in [0.29, 0.717) is 17.2 Å². The van der Waals surface area contributed by atoms with Gasteiger partial charge in [-0.15, -0.1) is 0 Å². The molecule has 0 bridgehead atoms. The van der Waals surface area contributed by atoms with Crippen LogP contribution in [0.25, 0.3) is 17.1 Å². The van der Waals surface area contributed by atoms with Gasteiger partial charge in [-0.3, -0.25) is 9.67 Å². The predicted molar refractivity (Wildman–Crippen MR) is 80.2 cm³/mol. The highest BCUT2D eigenvalue weighted by atomic mass is 32.1. The van der Waals surface area contributed by atoms with Gasteiger partial charge in [-0.2, -0.15) is 5.10 Å². The molecule has 0 fully saturated rings. The maximum Gasteiger partial charge on any atom is 0.231 e. The van der Waals surface area contributed by atoms with Gasteiger partial charge in [0.25, 0.3) is 0 Å². The van der Waals surface area contributed by atoms with Crippen LogP contribution in [-0.2, 0) is 0 Å². The summed E-state index contributed by atoms with van der Waals surface area (Å²) in [5, 5.41) is 6.63. The molecule has 5 nitrogen and oxygen atoms in total.